The van der Waals surface area contributed by atoms with Crippen LogP contribution in [0.1, 0.15) is 34.2 Å². The van der Waals surface area contributed by atoms with Crippen LogP contribution in [0.15, 0.2) is 48.5 Å². The Morgan fingerprint density at radius 1 is 1.19 bits per heavy atom. The highest BCUT2D eigenvalue weighted by molar-refractivity contribution is 6.03. The number of nitrogens with zero attached hydrogens (tertiary/aromatic N) is 5. The number of benzene rings is 2. The Morgan fingerprint density at radius 3 is 2.68 bits per heavy atom. The van der Waals surface area contributed by atoms with Crippen LogP contribution in [0.2, 0.25) is 0 Å². The molecule has 0 spiro atoms. The molecule has 8 heteroatoms. The molecule has 8 nitrogen and oxygen atoms in total. The molecule has 2 heterocycles. The van der Waals surface area contributed by atoms with Crippen LogP contribution in [0.25, 0.3) is 11.0 Å². The number of amides is 1. The van der Waals surface area contributed by atoms with Crippen molar-refractivity contribution in [3.8, 4) is 11.8 Å². The van der Waals surface area contributed by atoms with Gasteiger partial charge >= 0.3 is 0 Å². The monoisotopic (exact) mass is 414 g/mol. The molecule has 4 aromatic rings. The number of carbonyl (C=O) groups is 1. The Balaban J connectivity index is 1.68. The van der Waals surface area contributed by atoms with E-state index < -0.39 is 0 Å². The Morgan fingerprint density at radius 2 is 1.97 bits per heavy atom. The second-order valence-electron chi connectivity index (χ2n) is 7.26. The standard InChI is InChI=1S/C23H22N6O2/c1-3-29-21(12-15(2)27-29)22(31)26-23-25-19-13-17(14-24)6-9-20(19)28(23)11-10-16-4-7-18(30)8-5-16/h4-9,12-13,30H,3,10-11H2,1-2H3,(H,25,26,31). The minimum Gasteiger partial charge on any atom is -0.508 e. The van der Waals surface area contributed by atoms with Crippen molar-refractivity contribution < 1.29 is 9.90 Å². The third-order valence-corrected chi connectivity index (χ3v) is 5.10. The van der Waals surface area contributed by atoms with Crippen LogP contribution in [-0.4, -0.2) is 30.3 Å². The summed E-state index contributed by atoms with van der Waals surface area (Å²) in [5.41, 5.74) is 4.26. The van der Waals surface area contributed by atoms with Gasteiger partial charge < -0.3 is 9.67 Å². The molecule has 0 saturated carbocycles. The second kappa shape index (κ2) is 8.32. The van der Waals surface area contributed by atoms with Crippen molar-refractivity contribution in [2.24, 2.45) is 0 Å². The van der Waals surface area contributed by atoms with Gasteiger partial charge in [-0.3, -0.25) is 14.8 Å². The van der Waals surface area contributed by atoms with Gasteiger partial charge in [0.15, 0.2) is 0 Å². The zero-order valence-electron chi connectivity index (χ0n) is 17.3. The minimum atomic E-state index is -0.288. The van der Waals surface area contributed by atoms with Crippen molar-refractivity contribution in [2.75, 3.05) is 5.32 Å². The molecule has 2 N–H and O–H groups in total. The van der Waals surface area contributed by atoms with E-state index in [-0.39, 0.29) is 11.7 Å². The first-order chi connectivity index (χ1) is 15.0. The van der Waals surface area contributed by atoms with Crippen LogP contribution in [0.4, 0.5) is 5.95 Å². The van der Waals surface area contributed by atoms with Gasteiger partial charge in [0, 0.05) is 13.1 Å². The molecular formula is C23H22N6O2. The molecular weight excluding hydrogens is 392 g/mol. The number of aromatic nitrogens is 4. The van der Waals surface area contributed by atoms with Crippen LogP contribution in [0.3, 0.4) is 0 Å². The van der Waals surface area contributed by atoms with Gasteiger partial charge in [-0.05, 0) is 62.2 Å². The summed E-state index contributed by atoms with van der Waals surface area (Å²) in [5, 5.41) is 26.0. The number of nitriles is 1. The van der Waals surface area contributed by atoms with Crippen LogP contribution < -0.4 is 5.32 Å². The van der Waals surface area contributed by atoms with Gasteiger partial charge in [0.1, 0.15) is 11.4 Å². The molecule has 4 rings (SSSR count). The van der Waals surface area contributed by atoms with Crippen LogP contribution in [0.5, 0.6) is 5.75 Å². The Labute approximate surface area is 179 Å². The SMILES string of the molecule is CCn1nc(C)cc1C(=O)Nc1nc2cc(C#N)ccc2n1CCc1ccc(O)cc1. The molecule has 1 amide bonds. The van der Waals surface area contributed by atoms with Crippen LogP contribution in [0, 0.1) is 18.3 Å². The number of hydrogen-bond donors (Lipinski definition) is 2. The summed E-state index contributed by atoms with van der Waals surface area (Å²) in [6.07, 6.45) is 0.681. The predicted molar refractivity (Wildman–Crippen MR) is 117 cm³/mol. The highest BCUT2D eigenvalue weighted by Gasteiger charge is 2.18. The quantitative estimate of drug-likeness (QED) is 0.501. The van der Waals surface area contributed by atoms with E-state index >= 15 is 0 Å². The van der Waals surface area contributed by atoms with Gasteiger partial charge in [0.2, 0.25) is 5.95 Å². The molecule has 0 aliphatic rings. The van der Waals surface area contributed by atoms with E-state index in [9.17, 15) is 15.2 Å². The maximum absolute atomic E-state index is 13.0. The van der Waals surface area contributed by atoms with E-state index in [1.54, 1.807) is 35.0 Å². The second-order valence-corrected chi connectivity index (χ2v) is 7.26. The summed E-state index contributed by atoms with van der Waals surface area (Å²) >= 11 is 0. The maximum Gasteiger partial charge on any atom is 0.276 e. The van der Waals surface area contributed by atoms with Crippen molar-refractivity contribution >= 4 is 22.9 Å². The first kappa shape index (κ1) is 20.2. The summed E-state index contributed by atoms with van der Waals surface area (Å²) in [6, 6.07) is 16.2. The normalized spacial score (nSPS) is 10.9. The number of hydrogen-bond acceptors (Lipinski definition) is 5. The molecule has 0 radical (unpaired) electrons. The molecule has 156 valence electrons. The van der Waals surface area contributed by atoms with Crippen LogP contribution in [-0.2, 0) is 19.5 Å². The zero-order chi connectivity index (χ0) is 22.0. The number of phenols is 1. The fraction of sp³-hybridized carbons (Fsp3) is 0.217. The number of aromatic hydroxyl groups is 1. The number of anilines is 1. The van der Waals surface area contributed by atoms with Crippen molar-refractivity contribution in [2.45, 2.75) is 33.4 Å². The number of imidazole rings is 1. The average Bonchev–Trinajstić information content (AvgIpc) is 3.32. The highest BCUT2D eigenvalue weighted by Crippen LogP contribution is 2.23. The van der Waals surface area contributed by atoms with Gasteiger partial charge in [-0.15, -0.1) is 0 Å². The summed E-state index contributed by atoms with van der Waals surface area (Å²) in [4.78, 5) is 17.6. The molecule has 0 atom stereocenters. The van der Waals surface area contributed by atoms with E-state index in [0.29, 0.717) is 42.2 Å². The number of rotatable bonds is 6. The van der Waals surface area contributed by atoms with E-state index in [2.05, 4.69) is 21.5 Å². The van der Waals surface area contributed by atoms with Crippen molar-refractivity contribution in [3.05, 3.63) is 71.0 Å². The van der Waals surface area contributed by atoms with Gasteiger partial charge in [-0.1, -0.05) is 12.1 Å². The summed E-state index contributed by atoms with van der Waals surface area (Å²) < 4.78 is 3.59. The molecule has 0 fully saturated rings. The molecule has 2 aromatic carbocycles. The number of carbonyl (C=O) groups excluding carboxylic acids is 1. The summed E-state index contributed by atoms with van der Waals surface area (Å²) in [7, 11) is 0. The topological polar surface area (TPSA) is 109 Å². The fourth-order valence-corrected chi connectivity index (χ4v) is 3.56. The summed E-state index contributed by atoms with van der Waals surface area (Å²) in [5.74, 6) is 0.344. The van der Waals surface area contributed by atoms with Crippen molar-refractivity contribution in [1.29, 1.82) is 5.26 Å². The average molecular weight is 414 g/mol. The lowest BCUT2D eigenvalue weighted by Gasteiger charge is -2.11. The molecule has 31 heavy (non-hydrogen) atoms. The fourth-order valence-electron chi connectivity index (χ4n) is 3.56. The number of fused-ring (bicyclic) bond motifs is 1. The van der Waals surface area contributed by atoms with E-state index in [4.69, 9.17) is 0 Å². The predicted octanol–water partition coefficient (Wildman–Crippen LogP) is 3.63. The third kappa shape index (κ3) is 4.12. The molecule has 0 aliphatic carbocycles. The molecule has 0 unspecified atom stereocenters. The van der Waals surface area contributed by atoms with E-state index in [0.717, 1.165) is 16.8 Å². The summed E-state index contributed by atoms with van der Waals surface area (Å²) in [6.45, 7) is 4.92. The lowest BCUT2D eigenvalue weighted by molar-refractivity contribution is 0.101. The Hall–Kier alpha value is -4.12. The highest BCUT2D eigenvalue weighted by atomic mass is 16.3. The molecule has 0 saturated heterocycles. The van der Waals surface area contributed by atoms with Gasteiger partial charge in [0.25, 0.3) is 5.91 Å². The Bertz CT molecular complexity index is 1290. The maximum atomic E-state index is 13.0. The first-order valence-corrected chi connectivity index (χ1v) is 10.0. The van der Waals surface area contributed by atoms with Gasteiger partial charge in [-0.2, -0.15) is 10.4 Å². The van der Waals surface area contributed by atoms with Crippen molar-refractivity contribution in [1.82, 2.24) is 19.3 Å². The lowest BCUT2D eigenvalue weighted by Crippen LogP contribution is -2.20. The molecule has 0 aliphatic heterocycles. The lowest BCUT2D eigenvalue weighted by atomic mass is 10.1. The number of phenolic OH excluding ortho intramolecular Hbond substituents is 1. The Kier molecular flexibility index (Phi) is 5.41. The van der Waals surface area contributed by atoms with E-state index in [1.165, 1.54) is 0 Å². The number of nitrogens with one attached hydrogen (secondary N) is 1. The molecule has 0 bridgehead atoms. The van der Waals surface area contributed by atoms with Crippen molar-refractivity contribution in [3.63, 3.8) is 0 Å². The molecule has 2 aromatic heterocycles. The van der Waals surface area contributed by atoms with Gasteiger partial charge in [-0.25, -0.2) is 4.98 Å². The van der Waals surface area contributed by atoms with Gasteiger partial charge in [0.05, 0.1) is 28.4 Å². The largest absolute Gasteiger partial charge is 0.508 e. The first-order valence-electron chi connectivity index (χ1n) is 10.0. The minimum absolute atomic E-state index is 0.219. The zero-order valence-corrected chi connectivity index (χ0v) is 17.3. The third-order valence-electron chi connectivity index (χ3n) is 5.10. The van der Waals surface area contributed by atoms with E-state index in [1.807, 2.05) is 36.6 Å². The van der Waals surface area contributed by atoms with Crippen LogP contribution >= 0.6 is 0 Å². The number of aryl methyl sites for hydroxylation is 4. The smallest absolute Gasteiger partial charge is 0.276 e.